The first-order valence-corrected chi connectivity index (χ1v) is 7.18. The summed E-state index contributed by atoms with van der Waals surface area (Å²) in [4.78, 5) is 12.1. The number of hydrogen-bond acceptors (Lipinski definition) is 4. The van der Waals surface area contributed by atoms with Gasteiger partial charge in [-0.3, -0.25) is 4.79 Å². The van der Waals surface area contributed by atoms with Crippen LogP contribution in [0.25, 0.3) is 0 Å². The molecular weight excluding hydrogens is 256 g/mol. The molecule has 2 fully saturated rings. The average Bonchev–Trinajstić information content (AvgIpc) is 3.03. The van der Waals surface area contributed by atoms with Gasteiger partial charge in [-0.2, -0.15) is 0 Å². The molecule has 108 valence electrons. The number of anilines is 1. The van der Waals surface area contributed by atoms with Gasteiger partial charge in [-0.15, -0.1) is 0 Å². The fourth-order valence-corrected chi connectivity index (χ4v) is 2.59. The molecule has 0 unspecified atom stereocenters. The Labute approximate surface area is 118 Å². The van der Waals surface area contributed by atoms with Gasteiger partial charge in [0, 0.05) is 17.8 Å². The van der Waals surface area contributed by atoms with E-state index in [4.69, 9.17) is 9.47 Å². The molecule has 0 saturated carbocycles. The normalized spacial score (nSPS) is 23.7. The van der Waals surface area contributed by atoms with Crippen LogP contribution in [-0.4, -0.2) is 32.2 Å². The van der Waals surface area contributed by atoms with E-state index in [9.17, 15) is 4.79 Å². The number of hydrogen-bond donors (Lipinski definition) is 2. The van der Waals surface area contributed by atoms with Gasteiger partial charge in [0.15, 0.2) is 6.29 Å². The lowest BCUT2D eigenvalue weighted by Gasteiger charge is -2.22. The second-order valence-corrected chi connectivity index (χ2v) is 5.23. The second kappa shape index (κ2) is 6.35. The van der Waals surface area contributed by atoms with Crippen LogP contribution in [0.2, 0.25) is 0 Å². The first-order chi connectivity index (χ1) is 9.83. The molecule has 5 nitrogen and oxygen atoms in total. The van der Waals surface area contributed by atoms with Gasteiger partial charge in [-0.05, 0) is 31.5 Å². The summed E-state index contributed by atoms with van der Waals surface area (Å²) >= 11 is 0. The van der Waals surface area contributed by atoms with Crippen molar-refractivity contribution in [3.05, 3.63) is 29.8 Å². The Morgan fingerprint density at radius 1 is 1.20 bits per heavy atom. The number of amides is 1. The summed E-state index contributed by atoms with van der Waals surface area (Å²) in [5.74, 6) is 0.170. The molecule has 0 aromatic heterocycles. The van der Waals surface area contributed by atoms with E-state index in [0.717, 1.165) is 37.2 Å². The number of benzene rings is 1. The van der Waals surface area contributed by atoms with Crippen molar-refractivity contribution in [2.24, 2.45) is 5.92 Å². The molecule has 3 rings (SSSR count). The van der Waals surface area contributed by atoms with Gasteiger partial charge in [0.2, 0.25) is 5.91 Å². The van der Waals surface area contributed by atoms with Crippen molar-refractivity contribution in [2.75, 3.05) is 31.6 Å². The summed E-state index contributed by atoms with van der Waals surface area (Å²) in [6, 6.07) is 7.67. The number of piperidine rings is 1. The number of carbonyl (C=O) groups excluding carboxylic acids is 1. The molecule has 2 aliphatic rings. The summed E-state index contributed by atoms with van der Waals surface area (Å²) < 4.78 is 10.9. The summed E-state index contributed by atoms with van der Waals surface area (Å²) in [7, 11) is 0. The van der Waals surface area contributed by atoms with Crippen LogP contribution in [0, 0.1) is 5.92 Å². The quantitative estimate of drug-likeness (QED) is 0.881. The molecule has 2 aliphatic heterocycles. The maximum Gasteiger partial charge on any atom is 0.228 e. The topological polar surface area (TPSA) is 59.6 Å². The van der Waals surface area contributed by atoms with Crippen molar-refractivity contribution in [3.63, 3.8) is 0 Å². The Kier molecular flexibility index (Phi) is 4.30. The molecular formula is C15H20N2O3. The molecule has 2 saturated heterocycles. The van der Waals surface area contributed by atoms with Crippen LogP contribution in [0.1, 0.15) is 24.7 Å². The number of carbonyl (C=O) groups is 1. The van der Waals surface area contributed by atoms with E-state index in [2.05, 4.69) is 10.6 Å². The number of nitrogens with one attached hydrogen (secondary N) is 2. The van der Waals surface area contributed by atoms with E-state index in [1.54, 1.807) is 0 Å². The summed E-state index contributed by atoms with van der Waals surface area (Å²) in [5, 5.41) is 6.22. The van der Waals surface area contributed by atoms with Gasteiger partial charge in [-0.1, -0.05) is 12.1 Å². The fraction of sp³-hybridized carbons (Fsp3) is 0.533. The van der Waals surface area contributed by atoms with Crippen LogP contribution >= 0.6 is 0 Å². The Morgan fingerprint density at radius 3 is 2.60 bits per heavy atom. The minimum Gasteiger partial charge on any atom is -0.346 e. The second-order valence-electron chi connectivity index (χ2n) is 5.23. The molecule has 0 spiro atoms. The van der Waals surface area contributed by atoms with E-state index in [1.807, 2.05) is 24.3 Å². The van der Waals surface area contributed by atoms with Gasteiger partial charge in [0.1, 0.15) is 0 Å². The van der Waals surface area contributed by atoms with E-state index in [-0.39, 0.29) is 18.1 Å². The lowest BCUT2D eigenvalue weighted by Crippen LogP contribution is -2.37. The molecule has 1 atom stereocenters. The number of rotatable bonds is 3. The Balaban J connectivity index is 1.58. The lowest BCUT2D eigenvalue weighted by molar-refractivity contribution is -0.120. The molecule has 1 amide bonds. The van der Waals surface area contributed by atoms with Crippen molar-refractivity contribution >= 4 is 11.6 Å². The van der Waals surface area contributed by atoms with Crippen LogP contribution in [0.4, 0.5) is 5.69 Å². The van der Waals surface area contributed by atoms with Crippen LogP contribution in [0.15, 0.2) is 24.3 Å². The zero-order valence-corrected chi connectivity index (χ0v) is 11.4. The van der Waals surface area contributed by atoms with Crippen LogP contribution < -0.4 is 10.6 Å². The third-order valence-corrected chi connectivity index (χ3v) is 3.74. The zero-order valence-electron chi connectivity index (χ0n) is 11.4. The Hall–Kier alpha value is -1.43. The lowest BCUT2D eigenvalue weighted by atomic mass is 9.99. The van der Waals surface area contributed by atoms with Crippen LogP contribution in [-0.2, 0) is 14.3 Å². The monoisotopic (exact) mass is 276 g/mol. The molecule has 20 heavy (non-hydrogen) atoms. The highest BCUT2D eigenvalue weighted by Gasteiger charge is 2.21. The summed E-state index contributed by atoms with van der Waals surface area (Å²) in [5.41, 5.74) is 1.81. The van der Waals surface area contributed by atoms with Gasteiger partial charge in [0.05, 0.1) is 19.1 Å². The minimum absolute atomic E-state index is 0.0740. The van der Waals surface area contributed by atoms with Crippen molar-refractivity contribution in [1.82, 2.24) is 5.32 Å². The Morgan fingerprint density at radius 2 is 1.95 bits per heavy atom. The van der Waals surface area contributed by atoms with Crippen molar-refractivity contribution < 1.29 is 14.3 Å². The zero-order chi connectivity index (χ0) is 13.8. The molecule has 1 aromatic carbocycles. The maximum atomic E-state index is 12.1. The Bertz CT molecular complexity index is 449. The highest BCUT2D eigenvalue weighted by Crippen LogP contribution is 2.24. The first kappa shape index (κ1) is 13.5. The van der Waals surface area contributed by atoms with Crippen molar-refractivity contribution in [1.29, 1.82) is 0 Å². The van der Waals surface area contributed by atoms with Crippen LogP contribution in [0.5, 0.6) is 0 Å². The smallest absolute Gasteiger partial charge is 0.228 e. The molecule has 0 bridgehead atoms. The maximum absolute atomic E-state index is 12.1. The highest BCUT2D eigenvalue weighted by molar-refractivity contribution is 5.92. The highest BCUT2D eigenvalue weighted by atomic mass is 16.7. The van der Waals surface area contributed by atoms with Gasteiger partial charge >= 0.3 is 0 Å². The van der Waals surface area contributed by atoms with E-state index >= 15 is 0 Å². The number of ether oxygens (including phenoxy) is 2. The standard InChI is InChI=1S/C15H20N2O3/c18-14(12-2-1-7-16-10-12)17-13-5-3-11(4-6-13)15-19-8-9-20-15/h3-6,12,15-16H,1-2,7-10H2,(H,17,18)/t12-/m0/s1. The largest absolute Gasteiger partial charge is 0.346 e. The molecule has 1 aromatic rings. The van der Waals surface area contributed by atoms with Gasteiger partial charge in [0.25, 0.3) is 0 Å². The van der Waals surface area contributed by atoms with Gasteiger partial charge < -0.3 is 20.1 Å². The summed E-state index contributed by atoms with van der Waals surface area (Å²) in [6.45, 7) is 3.06. The molecule has 2 N–H and O–H groups in total. The third kappa shape index (κ3) is 3.17. The van der Waals surface area contributed by atoms with E-state index in [0.29, 0.717) is 13.2 Å². The SMILES string of the molecule is O=C(Nc1ccc(C2OCCO2)cc1)[C@H]1CCCNC1. The average molecular weight is 276 g/mol. The predicted octanol–water partition coefficient (Wildman–Crippen LogP) is 1.67. The minimum atomic E-state index is -0.262. The van der Waals surface area contributed by atoms with Crippen molar-refractivity contribution in [3.8, 4) is 0 Å². The summed E-state index contributed by atoms with van der Waals surface area (Å²) in [6.07, 6.45) is 1.76. The molecule has 2 heterocycles. The predicted molar refractivity (Wildman–Crippen MR) is 75.3 cm³/mol. The molecule has 0 radical (unpaired) electrons. The van der Waals surface area contributed by atoms with E-state index < -0.39 is 0 Å². The van der Waals surface area contributed by atoms with Crippen LogP contribution in [0.3, 0.4) is 0 Å². The van der Waals surface area contributed by atoms with Crippen molar-refractivity contribution in [2.45, 2.75) is 19.1 Å². The molecule has 5 heteroatoms. The fourth-order valence-electron chi connectivity index (χ4n) is 2.59. The van der Waals surface area contributed by atoms with Gasteiger partial charge in [-0.25, -0.2) is 0 Å². The third-order valence-electron chi connectivity index (χ3n) is 3.74. The molecule has 0 aliphatic carbocycles. The first-order valence-electron chi connectivity index (χ1n) is 7.18. The van der Waals surface area contributed by atoms with E-state index in [1.165, 1.54) is 0 Å².